The normalized spacial score (nSPS) is 11.7. The number of rotatable bonds is 4. The van der Waals surface area contributed by atoms with Gasteiger partial charge in [-0.3, -0.25) is 4.98 Å². The molecule has 2 N–H and O–H groups in total. The van der Waals surface area contributed by atoms with Crippen LogP contribution >= 0.6 is 0 Å². The summed E-state index contributed by atoms with van der Waals surface area (Å²) < 4.78 is 68.9. The van der Waals surface area contributed by atoms with E-state index in [2.05, 4.69) is 10.1 Å². The lowest BCUT2D eigenvalue weighted by Crippen LogP contribution is -2.16. The maximum atomic E-state index is 14.1. The highest BCUT2D eigenvalue weighted by molar-refractivity contribution is 7.89. The van der Waals surface area contributed by atoms with Crippen LogP contribution in [0.2, 0.25) is 0 Å². The van der Waals surface area contributed by atoms with Crippen LogP contribution in [0.4, 0.5) is 13.2 Å². The van der Waals surface area contributed by atoms with Crippen LogP contribution in [0.15, 0.2) is 46.1 Å². The Kier molecular flexibility index (Phi) is 4.31. The average molecular weight is 369 g/mol. The van der Waals surface area contributed by atoms with E-state index in [0.717, 1.165) is 12.1 Å². The predicted molar refractivity (Wildman–Crippen MR) is 81.3 cm³/mol. The van der Waals surface area contributed by atoms with Gasteiger partial charge in [-0.1, -0.05) is 5.16 Å². The second-order valence-corrected chi connectivity index (χ2v) is 6.52. The quantitative estimate of drug-likeness (QED) is 0.762. The van der Waals surface area contributed by atoms with Gasteiger partial charge in [-0.2, -0.15) is 0 Å². The second-order valence-electron chi connectivity index (χ2n) is 5.02. The van der Waals surface area contributed by atoms with E-state index in [9.17, 15) is 21.6 Å². The Labute approximate surface area is 140 Å². The number of nitrogens with two attached hydrogens (primary N) is 1. The number of aromatic nitrogens is 2. The molecule has 0 radical (unpaired) electrons. The van der Waals surface area contributed by atoms with Crippen molar-refractivity contribution >= 4 is 10.0 Å². The summed E-state index contributed by atoms with van der Waals surface area (Å²) in [6.07, 6.45) is 2.91. The summed E-state index contributed by atoms with van der Waals surface area (Å²) >= 11 is 0. The highest BCUT2D eigenvalue weighted by atomic mass is 32.2. The summed E-state index contributed by atoms with van der Waals surface area (Å²) in [4.78, 5) is 2.63. The molecule has 0 saturated heterocycles. The maximum absolute atomic E-state index is 14.1. The Balaban J connectivity index is 2.26. The lowest BCUT2D eigenvalue weighted by molar-refractivity contribution is 0.332. The molecular weight excluding hydrogens is 359 g/mol. The highest BCUT2D eigenvalue weighted by Gasteiger charge is 2.25. The molecule has 3 aromatic rings. The van der Waals surface area contributed by atoms with Crippen molar-refractivity contribution in [1.29, 1.82) is 0 Å². The lowest BCUT2D eigenvalue weighted by atomic mass is 10.00. The van der Waals surface area contributed by atoms with Crippen molar-refractivity contribution in [1.82, 2.24) is 10.1 Å². The smallest absolute Gasteiger partial charge is 0.243 e. The number of hydrogen-bond donors (Lipinski definition) is 1. The number of benzene rings is 1. The van der Waals surface area contributed by atoms with E-state index < -0.39 is 33.2 Å². The monoisotopic (exact) mass is 369 g/mol. The number of alkyl halides is 1. The predicted octanol–water partition coefficient (Wildman–Crippen LogP) is 2.80. The zero-order chi connectivity index (χ0) is 18.2. The number of pyridine rings is 1. The standard InChI is InChI=1S/C15H10F3N3O3S/c16-6-12-13(14(21-24-12)8-2-1-3-20-7-8)9-4-10(17)15(11(18)5-9)25(19,22)23/h1-5,7H,6H2,(H2,19,22,23). The third-order valence-corrected chi connectivity index (χ3v) is 4.35. The van der Waals surface area contributed by atoms with Gasteiger partial charge in [0.1, 0.15) is 17.3 Å². The molecule has 25 heavy (non-hydrogen) atoms. The molecule has 130 valence electrons. The molecule has 0 amide bonds. The van der Waals surface area contributed by atoms with Crippen LogP contribution in [0.25, 0.3) is 22.4 Å². The average Bonchev–Trinajstić information content (AvgIpc) is 2.97. The van der Waals surface area contributed by atoms with Gasteiger partial charge in [0.15, 0.2) is 17.3 Å². The lowest BCUT2D eigenvalue weighted by Gasteiger charge is -2.07. The number of primary sulfonamides is 1. The van der Waals surface area contributed by atoms with Gasteiger partial charge >= 0.3 is 0 Å². The fraction of sp³-hybridized carbons (Fsp3) is 0.0667. The van der Waals surface area contributed by atoms with Gasteiger partial charge in [0.05, 0.1) is 5.56 Å². The van der Waals surface area contributed by atoms with E-state index in [4.69, 9.17) is 9.66 Å². The van der Waals surface area contributed by atoms with Crippen molar-refractivity contribution < 1.29 is 26.1 Å². The molecule has 0 fully saturated rings. The van der Waals surface area contributed by atoms with E-state index in [-0.39, 0.29) is 22.6 Å². The molecule has 3 rings (SSSR count). The maximum Gasteiger partial charge on any atom is 0.243 e. The molecule has 0 unspecified atom stereocenters. The van der Waals surface area contributed by atoms with Gasteiger partial charge in [0.2, 0.25) is 10.0 Å². The van der Waals surface area contributed by atoms with Crippen molar-refractivity contribution in [3.8, 4) is 22.4 Å². The van der Waals surface area contributed by atoms with E-state index >= 15 is 0 Å². The summed E-state index contributed by atoms with van der Waals surface area (Å²) in [6.45, 7) is -1.08. The van der Waals surface area contributed by atoms with E-state index in [1.807, 2.05) is 0 Å². The third kappa shape index (κ3) is 3.13. The Hall–Kier alpha value is -2.72. The minimum absolute atomic E-state index is 0.00531. The van der Waals surface area contributed by atoms with E-state index in [0.29, 0.717) is 5.56 Å². The zero-order valence-corrected chi connectivity index (χ0v) is 13.2. The van der Waals surface area contributed by atoms with Gasteiger partial charge in [-0.15, -0.1) is 0 Å². The van der Waals surface area contributed by atoms with Gasteiger partial charge in [-0.25, -0.2) is 26.7 Å². The fourth-order valence-electron chi connectivity index (χ4n) is 2.39. The third-order valence-electron chi connectivity index (χ3n) is 3.39. The summed E-state index contributed by atoms with van der Waals surface area (Å²) in [7, 11) is -4.60. The molecule has 0 bridgehead atoms. The molecule has 1 aromatic carbocycles. The van der Waals surface area contributed by atoms with Gasteiger partial charge in [0, 0.05) is 18.0 Å². The van der Waals surface area contributed by atoms with Gasteiger partial charge < -0.3 is 4.52 Å². The number of hydrogen-bond acceptors (Lipinski definition) is 5. The molecule has 0 saturated carbocycles. The molecule has 6 nitrogen and oxygen atoms in total. The minimum atomic E-state index is -4.60. The fourth-order valence-corrected chi connectivity index (χ4v) is 3.05. The summed E-state index contributed by atoms with van der Waals surface area (Å²) in [5, 5.41) is 8.52. The molecule has 0 atom stereocenters. The molecule has 0 spiro atoms. The summed E-state index contributed by atoms with van der Waals surface area (Å²) in [5.74, 6) is -3.07. The Morgan fingerprint density at radius 3 is 2.36 bits per heavy atom. The first kappa shape index (κ1) is 17.1. The van der Waals surface area contributed by atoms with Crippen LogP contribution in [0.5, 0.6) is 0 Å². The van der Waals surface area contributed by atoms with Crippen LogP contribution in [0, 0.1) is 11.6 Å². The van der Waals surface area contributed by atoms with Gasteiger partial charge in [-0.05, 0) is 29.8 Å². The Bertz CT molecular complexity index is 1010. The largest absolute Gasteiger partial charge is 0.357 e. The SMILES string of the molecule is NS(=O)(=O)c1c(F)cc(-c2c(-c3cccnc3)noc2CF)cc1F. The van der Waals surface area contributed by atoms with Crippen molar-refractivity contribution in [2.75, 3.05) is 0 Å². The molecule has 0 aliphatic heterocycles. The summed E-state index contributed by atoms with van der Waals surface area (Å²) in [6, 6.07) is 4.65. The van der Waals surface area contributed by atoms with E-state index in [1.54, 1.807) is 12.1 Å². The molecule has 2 heterocycles. The molecule has 2 aromatic heterocycles. The molecular formula is C15H10F3N3O3S. The van der Waals surface area contributed by atoms with Crippen molar-refractivity contribution in [3.05, 3.63) is 54.1 Å². The van der Waals surface area contributed by atoms with Crippen molar-refractivity contribution in [2.45, 2.75) is 11.6 Å². The highest BCUT2D eigenvalue weighted by Crippen LogP contribution is 2.36. The first-order valence-corrected chi connectivity index (χ1v) is 8.34. The van der Waals surface area contributed by atoms with Crippen LogP contribution in [0.1, 0.15) is 5.76 Å². The van der Waals surface area contributed by atoms with Crippen LogP contribution < -0.4 is 5.14 Å². The van der Waals surface area contributed by atoms with E-state index in [1.165, 1.54) is 12.4 Å². The molecule has 0 aliphatic carbocycles. The van der Waals surface area contributed by atoms with Crippen molar-refractivity contribution in [2.24, 2.45) is 5.14 Å². The van der Waals surface area contributed by atoms with Gasteiger partial charge in [0.25, 0.3) is 0 Å². The first-order chi connectivity index (χ1) is 11.8. The van der Waals surface area contributed by atoms with Crippen molar-refractivity contribution in [3.63, 3.8) is 0 Å². The molecule has 10 heteroatoms. The van der Waals surface area contributed by atoms with Crippen LogP contribution in [0.3, 0.4) is 0 Å². The van der Waals surface area contributed by atoms with Crippen LogP contribution in [-0.4, -0.2) is 18.6 Å². The number of nitrogens with zero attached hydrogens (tertiary/aromatic N) is 2. The zero-order valence-electron chi connectivity index (χ0n) is 12.4. The topological polar surface area (TPSA) is 99.1 Å². The minimum Gasteiger partial charge on any atom is -0.357 e. The van der Waals surface area contributed by atoms with Crippen LogP contribution in [-0.2, 0) is 16.7 Å². The Morgan fingerprint density at radius 1 is 1.16 bits per heavy atom. The Morgan fingerprint density at radius 2 is 1.84 bits per heavy atom. The molecule has 0 aliphatic rings. The number of sulfonamides is 1. The second kappa shape index (κ2) is 6.30. The number of halogens is 3. The first-order valence-electron chi connectivity index (χ1n) is 6.80. The summed E-state index contributed by atoms with van der Waals surface area (Å²) in [5.41, 5.74) is 0.393.